The van der Waals surface area contributed by atoms with Crippen LogP contribution >= 0.6 is 0 Å². The molecule has 33 heavy (non-hydrogen) atoms. The zero-order chi connectivity index (χ0) is 22.9. The molecule has 1 aliphatic carbocycles. The first-order valence-corrected chi connectivity index (χ1v) is 11.0. The van der Waals surface area contributed by atoms with Crippen LogP contribution < -0.4 is 15.4 Å². The number of hydrogen-bond acceptors (Lipinski definition) is 6. The second kappa shape index (κ2) is 8.47. The molecule has 2 aliphatic rings. The van der Waals surface area contributed by atoms with Gasteiger partial charge in [-0.25, -0.2) is 0 Å². The average Bonchev–Trinajstić information content (AvgIpc) is 3.01. The van der Waals surface area contributed by atoms with Gasteiger partial charge in [0.2, 0.25) is 0 Å². The minimum Gasteiger partial charge on any atom is -0.504 e. The van der Waals surface area contributed by atoms with Gasteiger partial charge in [0.25, 0.3) is 0 Å². The molecule has 3 aromatic carbocycles. The SMILES string of the molecule is COc1cccc([C@H]2Nc3ccc(C(=O)c4ccccc4)cc3NC3=C2C(=O)CCC3)c1O. The van der Waals surface area contributed by atoms with Crippen LogP contribution in [0.5, 0.6) is 11.5 Å². The van der Waals surface area contributed by atoms with Gasteiger partial charge in [0.15, 0.2) is 23.1 Å². The fourth-order valence-corrected chi connectivity index (χ4v) is 4.56. The number of ether oxygens (including phenoxy) is 1. The Morgan fingerprint density at radius 1 is 0.970 bits per heavy atom. The molecule has 1 aliphatic heterocycles. The standard InChI is InChI=1S/C27H24N2O4/c1-33-23-12-5-9-18(27(23)32)25-24-20(10-6-11-22(24)30)28-21-15-17(13-14-19(21)29-25)26(31)16-7-3-2-4-8-16/h2-5,7-9,12-15,25,28-29,32H,6,10-11H2,1H3/t25-/m1/s1. The van der Waals surface area contributed by atoms with Gasteiger partial charge in [-0.2, -0.15) is 0 Å². The predicted molar refractivity (Wildman–Crippen MR) is 127 cm³/mol. The number of fused-ring (bicyclic) bond motifs is 1. The summed E-state index contributed by atoms with van der Waals surface area (Å²) in [6.45, 7) is 0. The van der Waals surface area contributed by atoms with E-state index in [2.05, 4.69) is 10.6 Å². The van der Waals surface area contributed by atoms with Crippen molar-refractivity contribution in [3.05, 3.63) is 94.7 Å². The zero-order valence-electron chi connectivity index (χ0n) is 18.2. The van der Waals surface area contributed by atoms with E-state index in [9.17, 15) is 14.7 Å². The maximum atomic E-state index is 13.0. The van der Waals surface area contributed by atoms with E-state index in [4.69, 9.17) is 4.74 Å². The number of ketones is 2. The number of phenolic OH excluding ortho intramolecular Hbond substituents is 1. The molecule has 0 fully saturated rings. The molecule has 0 radical (unpaired) electrons. The number of carbonyl (C=O) groups excluding carboxylic acids is 2. The molecule has 1 heterocycles. The van der Waals surface area contributed by atoms with Gasteiger partial charge in [-0.05, 0) is 37.1 Å². The normalized spacial score (nSPS) is 17.2. The van der Waals surface area contributed by atoms with Crippen LogP contribution in [-0.2, 0) is 4.79 Å². The molecule has 6 heteroatoms. The van der Waals surface area contributed by atoms with Gasteiger partial charge in [-0.1, -0.05) is 42.5 Å². The average molecular weight is 440 g/mol. The molecule has 0 aromatic heterocycles. The maximum absolute atomic E-state index is 13.0. The zero-order valence-corrected chi connectivity index (χ0v) is 18.2. The number of Topliss-reactive ketones (excluding diaryl/α,β-unsaturated/α-hetero) is 1. The Balaban J connectivity index is 1.61. The number of aromatic hydroxyl groups is 1. The Bertz CT molecular complexity index is 1280. The Labute approximate surface area is 191 Å². The molecular formula is C27H24N2O4. The van der Waals surface area contributed by atoms with Crippen molar-refractivity contribution >= 4 is 22.9 Å². The summed E-state index contributed by atoms with van der Waals surface area (Å²) in [5.41, 5.74) is 4.63. The van der Waals surface area contributed by atoms with Gasteiger partial charge in [-0.3, -0.25) is 9.59 Å². The van der Waals surface area contributed by atoms with E-state index in [0.717, 1.165) is 23.5 Å². The molecule has 6 nitrogen and oxygen atoms in total. The summed E-state index contributed by atoms with van der Waals surface area (Å²) in [5, 5.41) is 17.7. The van der Waals surface area contributed by atoms with Crippen LogP contribution in [0.2, 0.25) is 0 Å². The summed E-state index contributed by atoms with van der Waals surface area (Å²) in [6, 6.07) is 19.3. The van der Waals surface area contributed by atoms with Crippen LogP contribution in [0.4, 0.5) is 11.4 Å². The number of benzene rings is 3. The molecule has 166 valence electrons. The fourth-order valence-electron chi connectivity index (χ4n) is 4.56. The van der Waals surface area contributed by atoms with Gasteiger partial charge >= 0.3 is 0 Å². The van der Waals surface area contributed by atoms with Gasteiger partial charge in [0.05, 0.1) is 24.5 Å². The van der Waals surface area contributed by atoms with E-state index >= 15 is 0 Å². The molecule has 0 saturated carbocycles. The second-order valence-electron chi connectivity index (χ2n) is 8.22. The Kier molecular flexibility index (Phi) is 5.34. The molecule has 0 spiro atoms. The lowest BCUT2D eigenvalue weighted by Gasteiger charge is -2.26. The van der Waals surface area contributed by atoms with Crippen molar-refractivity contribution in [2.75, 3.05) is 17.7 Å². The van der Waals surface area contributed by atoms with E-state index in [1.807, 2.05) is 30.3 Å². The number of nitrogens with one attached hydrogen (secondary N) is 2. The summed E-state index contributed by atoms with van der Waals surface area (Å²) in [4.78, 5) is 26.0. The van der Waals surface area contributed by atoms with E-state index in [1.54, 1.807) is 36.4 Å². The molecule has 5 rings (SSSR count). The van der Waals surface area contributed by atoms with Crippen molar-refractivity contribution in [3.8, 4) is 11.5 Å². The Hall–Kier alpha value is -4.06. The third-order valence-electron chi connectivity index (χ3n) is 6.21. The molecule has 3 aromatic rings. The number of allylic oxidation sites excluding steroid dienone is 1. The maximum Gasteiger partial charge on any atom is 0.193 e. The molecule has 3 N–H and O–H groups in total. The fraction of sp³-hybridized carbons (Fsp3) is 0.185. The highest BCUT2D eigenvalue weighted by atomic mass is 16.5. The Morgan fingerprint density at radius 3 is 2.58 bits per heavy atom. The van der Waals surface area contributed by atoms with Gasteiger partial charge < -0.3 is 20.5 Å². The first-order valence-electron chi connectivity index (χ1n) is 11.0. The summed E-state index contributed by atoms with van der Waals surface area (Å²) in [6.07, 6.45) is 1.91. The van der Waals surface area contributed by atoms with Gasteiger partial charge in [0, 0.05) is 34.4 Å². The molecular weight excluding hydrogens is 416 g/mol. The van der Waals surface area contributed by atoms with E-state index in [1.165, 1.54) is 7.11 Å². The summed E-state index contributed by atoms with van der Waals surface area (Å²) in [5.74, 6) is 0.320. The summed E-state index contributed by atoms with van der Waals surface area (Å²) in [7, 11) is 1.50. The van der Waals surface area contributed by atoms with Crippen LogP contribution in [0.25, 0.3) is 0 Å². The number of para-hydroxylation sites is 1. The highest BCUT2D eigenvalue weighted by Crippen LogP contribution is 2.44. The number of methoxy groups -OCH3 is 1. The van der Waals surface area contributed by atoms with Crippen molar-refractivity contribution in [2.45, 2.75) is 25.3 Å². The monoisotopic (exact) mass is 440 g/mol. The van der Waals surface area contributed by atoms with Crippen molar-refractivity contribution in [1.29, 1.82) is 0 Å². The van der Waals surface area contributed by atoms with Gasteiger partial charge in [-0.15, -0.1) is 0 Å². The number of carbonyl (C=O) groups is 2. The predicted octanol–water partition coefficient (Wildman–Crippen LogP) is 5.22. The number of hydrogen-bond donors (Lipinski definition) is 3. The first kappa shape index (κ1) is 20.8. The van der Waals surface area contributed by atoms with Crippen molar-refractivity contribution < 1.29 is 19.4 Å². The molecule has 0 bridgehead atoms. The third kappa shape index (κ3) is 3.74. The molecule has 1 atom stereocenters. The van der Waals surface area contributed by atoms with Crippen molar-refractivity contribution in [3.63, 3.8) is 0 Å². The Morgan fingerprint density at radius 2 is 1.79 bits per heavy atom. The first-order chi connectivity index (χ1) is 16.1. The summed E-state index contributed by atoms with van der Waals surface area (Å²) >= 11 is 0. The van der Waals surface area contributed by atoms with Crippen LogP contribution in [-0.4, -0.2) is 23.8 Å². The number of rotatable bonds is 4. The van der Waals surface area contributed by atoms with Crippen molar-refractivity contribution in [1.82, 2.24) is 0 Å². The van der Waals surface area contributed by atoms with Crippen LogP contribution in [0.15, 0.2) is 78.0 Å². The van der Waals surface area contributed by atoms with Crippen LogP contribution in [0.3, 0.4) is 0 Å². The number of anilines is 2. The minimum atomic E-state index is -0.549. The molecule has 0 saturated heterocycles. The smallest absolute Gasteiger partial charge is 0.193 e. The highest BCUT2D eigenvalue weighted by molar-refractivity contribution is 6.10. The lowest BCUT2D eigenvalue weighted by atomic mass is 9.86. The quantitative estimate of drug-likeness (QED) is 0.482. The highest BCUT2D eigenvalue weighted by Gasteiger charge is 2.34. The number of phenols is 1. The van der Waals surface area contributed by atoms with Gasteiger partial charge in [0.1, 0.15) is 0 Å². The minimum absolute atomic E-state index is 0.00190. The van der Waals surface area contributed by atoms with E-state index in [-0.39, 0.29) is 17.3 Å². The van der Waals surface area contributed by atoms with Crippen LogP contribution in [0, 0.1) is 0 Å². The lowest BCUT2D eigenvalue weighted by molar-refractivity contribution is -0.116. The van der Waals surface area contributed by atoms with Crippen molar-refractivity contribution in [2.24, 2.45) is 0 Å². The molecule has 0 unspecified atom stereocenters. The van der Waals surface area contributed by atoms with E-state index < -0.39 is 6.04 Å². The topological polar surface area (TPSA) is 87.7 Å². The lowest BCUT2D eigenvalue weighted by Crippen LogP contribution is -2.23. The summed E-state index contributed by atoms with van der Waals surface area (Å²) < 4.78 is 5.29. The second-order valence-corrected chi connectivity index (χ2v) is 8.22. The molecule has 0 amide bonds. The van der Waals surface area contributed by atoms with E-state index in [0.29, 0.717) is 40.9 Å². The largest absolute Gasteiger partial charge is 0.504 e. The third-order valence-corrected chi connectivity index (χ3v) is 6.21. The van der Waals surface area contributed by atoms with Crippen LogP contribution in [0.1, 0.15) is 46.8 Å².